The van der Waals surface area contributed by atoms with E-state index in [4.69, 9.17) is 4.52 Å². The van der Waals surface area contributed by atoms with E-state index in [0.29, 0.717) is 42.7 Å². The SMILES string of the molecule is Cc1ccc(S(=O)(=O)N2CCN(CC(=O)Nc3cc(C)on3)CC2)c(C)c1. The van der Waals surface area contributed by atoms with E-state index in [-0.39, 0.29) is 12.5 Å². The predicted molar refractivity (Wildman–Crippen MR) is 101 cm³/mol. The van der Waals surface area contributed by atoms with E-state index in [1.54, 1.807) is 19.1 Å². The van der Waals surface area contributed by atoms with E-state index in [1.807, 2.05) is 30.9 Å². The van der Waals surface area contributed by atoms with Crippen LogP contribution in [0.4, 0.5) is 5.82 Å². The highest BCUT2D eigenvalue weighted by atomic mass is 32.2. The number of aryl methyl sites for hydroxylation is 3. The molecule has 0 saturated carbocycles. The lowest BCUT2D eigenvalue weighted by Gasteiger charge is -2.33. The molecule has 0 radical (unpaired) electrons. The number of sulfonamides is 1. The van der Waals surface area contributed by atoms with Crippen molar-refractivity contribution in [3.05, 3.63) is 41.2 Å². The Morgan fingerprint density at radius 2 is 1.85 bits per heavy atom. The van der Waals surface area contributed by atoms with Crippen LogP contribution in [0.1, 0.15) is 16.9 Å². The second-order valence-corrected chi connectivity index (χ2v) is 8.73. The fourth-order valence-electron chi connectivity index (χ4n) is 3.17. The molecule has 2 aromatic rings. The summed E-state index contributed by atoms with van der Waals surface area (Å²) in [4.78, 5) is 14.4. The molecule has 0 aliphatic carbocycles. The molecular formula is C18H24N4O4S. The van der Waals surface area contributed by atoms with Crippen molar-refractivity contribution >= 4 is 21.7 Å². The number of carbonyl (C=O) groups excluding carboxylic acids is 1. The number of nitrogens with zero attached hydrogens (tertiary/aromatic N) is 3. The summed E-state index contributed by atoms with van der Waals surface area (Å²) in [5.74, 6) is 0.804. The Balaban J connectivity index is 1.57. The van der Waals surface area contributed by atoms with Crippen LogP contribution in [0.2, 0.25) is 0 Å². The largest absolute Gasteiger partial charge is 0.360 e. The highest BCUT2D eigenvalue weighted by Crippen LogP contribution is 2.22. The quantitative estimate of drug-likeness (QED) is 0.829. The molecule has 2 heterocycles. The first-order chi connectivity index (χ1) is 12.8. The van der Waals surface area contributed by atoms with Crippen molar-refractivity contribution in [1.82, 2.24) is 14.4 Å². The first kappa shape index (κ1) is 19.5. The van der Waals surface area contributed by atoms with Crippen LogP contribution in [0.3, 0.4) is 0 Å². The normalized spacial score (nSPS) is 16.4. The molecule has 1 aromatic heterocycles. The maximum atomic E-state index is 12.9. The second kappa shape index (κ2) is 7.79. The molecule has 0 spiro atoms. The molecule has 1 amide bonds. The van der Waals surface area contributed by atoms with Gasteiger partial charge in [-0.25, -0.2) is 8.42 Å². The first-order valence-corrected chi connectivity index (χ1v) is 10.2. The fraction of sp³-hybridized carbons (Fsp3) is 0.444. The number of piperazine rings is 1. The van der Waals surface area contributed by atoms with Gasteiger partial charge in [-0.2, -0.15) is 4.31 Å². The zero-order chi connectivity index (χ0) is 19.6. The summed E-state index contributed by atoms with van der Waals surface area (Å²) in [5, 5.41) is 6.40. The van der Waals surface area contributed by atoms with Crippen molar-refractivity contribution in [2.24, 2.45) is 0 Å². The van der Waals surface area contributed by atoms with Gasteiger partial charge in [-0.3, -0.25) is 9.69 Å². The summed E-state index contributed by atoms with van der Waals surface area (Å²) in [6.07, 6.45) is 0. The van der Waals surface area contributed by atoms with Crippen LogP contribution in [0.5, 0.6) is 0 Å². The standard InChI is InChI=1S/C18H24N4O4S/c1-13-4-5-16(14(2)10-13)27(24,25)22-8-6-21(7-9-22)12-18(23)19-17-11-15(3)26-20-17/h4-5,10-11H,6-9,12H2,1-3H3,(H,19,20,23). The van der Waals surface area contributed by atoms with Crippen LogP contribution in [-0.2, 0) is 14.8 Å². The van der Waals surface area contributed by atoms with Gasteiger partial charge in [0.1, 0.15) is 5.76 Å². The number of carbonyl (C=O) groups is 1. The molecule has 1 N–H and O–H groups in total. The Morgan fingerprint density at radius 1 is 1.15 bits per heavy atom. The van der Waals surface area contributed by atoms with Crippen molar-refractivity contribution in [2.75, 3.05) is 38.0 Å². The summed E-state index contributed by atoms with van der Waals surface area (Å²) in [5.41, 5.74) is 1.78. The van der Waals surface area contributed by atoms with Gasteiger partial charge >= 0.3 is 0 Å². The van der Waals surface area contributed by atoms with Gasteiger partial charge in [-0.1, -0.05) is 22.9 Å². The molecule has 146 valence electrons. The first-order valence-electron chi connectivity index (χ1n) is 8.78. The average Bonchev–Trinajstić information content (AvgIpc) is 2.99. The molecule has 27 heavy (non-hydrogen) atoms. The molecule has 3 rings (SSSR count). The zero-order valence-electron chi connectivity index (χ0n) is 15.7. The number of nitrogens with one attached hydrogen (secondary N) is 1. The second-order valence-electron chi connectivity index (χ2n) is 6.82. The molecule has 0 bridgehead atoms. The van der Waals surface area contributed by atoms with E-state index >= 15 is 0 Å². The number of hydrogen-bond acceptors (Lipinski definition) is 6. The summed E-state index contributed by atoms with van der Waals surface area (Å²) in [6.45, 7) is 7.38. The minimum Gasteiger partial charge on any atom is -0.360 e. The van der Waals surface area contributed by atoms with Crippen molar-refractivity contribution < 1.29 is 17.7 Å². The predicted octanol–water partition coefficient (Wildman–Crippen LogP) is 1.54. The van der Waals surface area contributed by atoms with Crippen LogP contribution < -0.4 is 5.32 Å². The maximum absolute atomic E-state index is 12.9. The summed E-state index contributed by atoms with van der Waals surface area (Å²) >= 11 is 0. The van der Waals surface area contributed by atoms with Crippen LogP contribution in [-0.4, -0.2) is 61.4 Å². The van der Waals surface area contributed by atoms with Gasteiger partial charge in [0.2, 0.25) is 15.9 Å². The number of aromatic nitrogens is 1. The lowest BCUT2D eigenvalue weighted by atomic mass is 10.2. The third-order valence-electron chi connectivity index (χ3n) is 4.54. The molecular weight excluding hydrogens is 368 g/mol. The van der Waals surface area contributed by atoms with E-state index in [2.05, 4.69) is 10.5 Å². The van der Waals surface area contributed by atoms with Gasteiger partial charge in [0.05, 0.1) is 11.4 Å². The van der Waals surface area contributed by atoms with Crippen molar-refractivity contribution in [3.63, 3.8) is 0 Å². The van der Waals surface area contributed by atoms with Crippen LogP contribution in [0.15, 0.2) is 33.7 Å². The number of hydrogen-bond donors (Lipinski definition) is 1. The average molecular weight is 392 g/mol. The molecule has 8 nitrogen and oxygen atoms in total. The Hall–Kier alpha value is -2.23. The number of anilines is 1. The molecule has 1 aliphatic rings. The third kappa shape index (κ3) is 4.55. The molecule has 0 unspecified atom stereocenters. The zero-order valence-corrected chi connectivity index (χ0v) is 16.5. The van der Waals surface area contributed by atoms with E-state index in [0.717, 1.165) is 11.1 Å². The number of amides is 1. The molecule has 9 heteroatoms. The third-order valence-corrected chi connectivity index (χ3v) is 6.60. The lowest BCUT2D eigenvalue weighted by Crippen LogP contribution is -2.50. The topological polar surface area (TPSA) is 95.8 Å². The monoisotopic (exact) mass is 392 g/mol. The van der Waals surface area contributed by atoms with Crippen LogP contribution in [0, 0.1) is 20.8 Å². The van der Waals surface area contributed by atoms with Gasteiger partial charge < -0.3 is 9.84 Å². The van der Waals surface area contributed by atoms with Crippen molar-refractivity contribution in [1.29, 1.82) is 0 Å². The maximum Gasteiger partial charge on any atom is 0.243 e. The van der Waals surface area contributed by atoms with Gasteiger partial charge in [0.25, 0.3) is 0 Å². The van der Waals surface area contributed by atoms with Gasteiger partial charge in [0.15, 0.2) is 5.82 Å². The Morgan fingerprint density at radius 3 is 2.44 bits per heavy atom. The van der Waals surface area contributed by atoms with Gasteiger partial charge in [-0.15, -0.1) is 0 Å². The molecule has 1 aromatic carbocycles. The molecule has 1 aliphatic heterocycles. The van der Waals surface area contributed by atoms with Crippen molar-refractivity contribution in [2.45, 2.75) is 25.7 Å². The fourth-order valence-corrected chi connectivity index (χ4v) is 4.79. The minimum atomic E-state index is -3.52. The highest BCUT2D eigenvalue weighted by molar-refractivity contribution is 7.89. The van der Waals surface area contributed by atoms with Crippen LogP contribution >= 0.6 is 0 Å². The Labute approximate surface area is 159 Å². The van der Waals surface area contributed by atoms with E-state index in [1.165, 1.54) is 4.31 Å². The Kier molecular flexibility index (Phi) is 5.64. The molecule has 0 atom stereocenters. The lowest BCUT2D eigenvalue weighted by molar-refractivity contribution is -0.117. The van der Waals surface area contributed by atoms with Crippen molar-refractivity contribution in [3.8, 4) is 0 Å². The van der Waals surface area contributed by atoms with E-state index in [9.17, 15) is 13.2 Å². The highest BCUT2D eigenvalue weighted by Gasteiger charge is 2.30. The smallest absolute Gasteiger partial charge is 0.243 e. The summed E-state index contributed by atoms with van der Waals surface area (Å²) in [6, 6.07) is 7.00. The molecule has 1 fully saturated rings. The van der Waals surface area contributed by atoms with Crippen LogP contribution in [0.25, 0.3) is 0 Å². The van der Waals surface area contributed by atoms with Gasteiger partial charge in [0, 0.05) is 32.2 Å². The molecule has 1 saturated heterocycles. The number of rotatable bonds is 5. The number of benzene rings is 1. The summed E-state index contributed by atoms with van der Waals surface area (Å²) in [7, 11) is -3.52. The summed E-state index contributed by atoms with van der Waals surface area (Å²) < 4.78 is 32.2. The minimum absolute atomic E-state index is 0.184. The Bertz CT molecular complexity index is 931. The van der Waals surface area contributed by atoms with Gasteiger partial charge in [-0.05, 0) is 32.4 Å². The van der Waals surface area contributed by atoms with E-state index < -0.39 is 10.0 Å².